The maximum Gasteiger partial charge on any atom is 0.335 e. The van der Waals surface area contributed by atoms with Crippen molar-refractivity contribution in [3.05, 3.63) is 23.8 Å². The summed E-state index contributed by atoms with van der Waals surface area (Å²) >= 11 is 0. The Morgan fingerprint density at radius 1 is 1.28 bits per heavy atom. The molecule has 0 saturated heterocycles. The third-order valence-electron chi connectivity index (χ3n) is 2.52. The van der Waals surface area contributed by atoms with Crippen LogP contribution in [0.1, 0.15) is 37.6 Å². The number of hydrogen-bond acceptors (Lipinski definition) is 3. The fourth-order valence-corrected chi connectivity index (χ4v) is 1.39. The number of methoxy groups -OCH3 is 1. The molecule has 0 amide bonds. The zero-order chi connectivity index (χ0) is 13.8. The third-order valence-corrected chi connectivity index (χ3v) is 2.52. The highest BCUT2D eigenvalue weighted by molar-refractivity contribution is 5.88. The molecule has 1 aromatic carbocycles. The molecule has 0 aliphatic heterocycles. The van der Waals surface area contributed by atoms with Crippen LogP contribution < -0.4 is 9.47 Å². The molecule has 0 heterocycles. The van der Waals surface area contributed by atoms with Crippen LogP contribution in [0.15, 0.2) is 18.2 Å². The first-order valence-electron chi connectivity index (χ1n) is 5.87. The Hall–Kier alpha value is -1.71. The summed E-state index contributed by atoms with van der Waals surface area (Å²) in [6.07, 6.45) is 0.882. The number of benzene rings is 1. The summed E-state index contributed by atoms with van der Waals surface area (Å²) in [5.74, 6) is 0.0499. The van der Waals surface area contributed by atoms with Crippen LogP contribution in [0.3, 0.4) is 0 Å². The van der Waals surface area contributed by atoms with E-state index in [0.717, 1.165) is 6.42 Å². The Morgan fingerprint density at radius 3 is 2.44 bits per heavy atom. The maximum absolute atomic E-state index is 10.9. The van der Waals surface area contributed by atoms with Crippen LogP contribution in [0.2, 0.25) is 0 Å². The summed E-state index contributed by atoms with van der Waals surface area (Å²) in [6.45, 7) is 6.91. The highest BCUT2D eigenvalue weighted by Crippen LogP contribution is 2.29. The number of aromatic carboxylic acids is 1. The SMILES string of the molecule is COc1ccc(C(=O)O)cc1OCCC(C)(C)C. The summed E-state index contributed by atoms with van der Waals surface area (Å²) < 4.78 is 10.8. The number of ether oxygens (including phenoxy) is 2. The van der Waals surface area contributed by atoms with Gasteiger partial charge in [-0.1, -0.05) is 20.8 Å². The molecule has 0 spiro atoms. The van der Waals surface area contributed by atoms with Crippen molar-refractivity contribution < 1.29 is 19.4 Å². The van der Waals surface area contributed by atoms with Crippen molar-refractivity contribution in [2.45, 2.75) is 27.2 Å². The van der Waals surface area contributed by atoms with Gasteiger partial charge in [-0.15, -0.1) is 0 Å². The summed E-state index contributed by atoms with van der Waals surface area (Å²) in [6, 6.07) is 4.59. The van der Waals surface area contributed by atoms with Gasteiger partial charge in [-0.05, 0) is 30.0 Å². The van der Waals surface area contributed by atoms with Gasteiger partial charge in [-0.3, -0.25) is 0 Å². The molecule has 1 N–H and O–H groups in total. The van der Waals surface area contributed by atoms with E-state index in [1.54, 1.807) is 6.07 Å². The van der Waals surface area contributed by atoms with E-state index in [1.807, 2.05) is 0 Å². The lowest BCUT2D eigenvalue weighted by Gasteiger charge is -2.19. The minimum Gasteiger partial charge on any atom is -0.493 e. The number of carboxylic acids is 1. The van der Waals surface area contributed by atoms with Crippen LogP contribution in [-0.2, 0) is 0 Å². The van der Waals surface area contributed by atoms with Crippen molar-refractivity contribution in [1.29, 1.82) is 0 Å². The van der Waals surface area contributed by atoms with Gasteiger partial charge in [0.25, 0.3) is 0 Å². The summed E-state index contributed by atoms with van der Waals surface area (Å²) in [5, 5.41) is 8.93. The van der Waals surface area contributed by atoms with Crippen LogP contribution >= 0.6 is 0 Å². The first kappa shape index (κ1) is 14.4. The molecule has 1 aromatic rings. The molecule has 0 unspecified atom stereocenters. The standard InChI is InChI=1S/C14H20O4/c1-14(2,3)7-8-18-12-9-10(13(15)16)5-6-11(12)17-4/h5-6,9H,7-8H2,1-4H3,(H,15,16). The van der Waals surface area contributed by atoms with Gasteiger partial charge >= 0.3 is 5.97 Å². The van der Waals surface area contributed by atoms with Crippen molar-refractivity contribution in [3.8, 4) is 11.5 Å². The molecule has 0 bridgehead atoms. The van der Waals surface area contributed by atoms with Gasteiger partial charge in [-0.2, -0.15) is 0 Å². The van der Waals surface area contributed by atoms with Gasteiger partial charge in [0.2, 0.25) is 0 Å². The van der Waals surface area contributed by atoms with Gasteiger partial charge in [0.1, 0.15) is 0 Å². The third kappa shape index (κ3) is 4.28. The van der Waals surface area contributed by atoms with E-state index in [1.165, 1.54) is 19.2 Å². The normalized spacial score (nSPS) is 11.1. The molecule has 1 rings (SSSR count). The fourth-order valence-electron chi connectivity index (χ4n) is 1.39. The predicted molar refractivity (Wildman–Crippen MR) is 69.5 cm³/mol. The topological polar surface area (TPSA) is 55.8 Å². The molecule has 100 valence electrons. The minimum atomic E-state index is -0.974. The van der Waals surface area contributed by atoms with Crippen molar-refractivity contribution in [3.63, 3.8) is 0 Å². The van der Waals surface area contributed by atoms with E-state index >= 15 is 0 Å². The van der Waals surface area contributed by atoms with Gasteiger partial charge in [0, 0.05) is 0 Å². The highest BCUT2D eigenvalue weighted by Gasteiger charge is 2.13. The molecule has 0 atom stereocenters. The molecular formula is C14H20O4. The average Bonchev–Trinajstić information content (AvgIpc) is 2.27. The van der Waals surface area contributed by atoms with Gasteiger partial charge in [-0.25, -0.2) is 4.79 Å². The molecule has 4 nitrogen and oxygen atoms in total. The molecule has 0 radical (unpaired) electrons. The van der Waals surface area contributed by atoms with E-state index < -0.39 is 5.97 Å². The Morgan fingerprint density at radius 2 is 1.94 bits per heavy atom. The van der Waals surface area contributed by atoms with Crippen LogP contribution in [0.4, 0.5) is 0 Å². The Kier molecular flexibility index (Phi) is 4.59. The van der Waals surface area contributed by atoms with Gasteiger partial charge < -0.3 is 14.6 Å². The van der Waals surface area contributed by atoms with Crippen molar-refractivity contribution in [2.24, 2.45) is 5.41 Å². The zero-order valence-electron chi connectivity index (χ0n) is 11.3. The molecule has 4 heteroatoms. The predicted octanol–water partition coefficient (Wildman–Crippen LogP) is 3.21. The zero-order valence-corrected chi connectivity index (χ0v) is 11.3. The number of carboxylic acid groups (broad SMARTS) is 1. The maximum atomic E-state index is 10.9. The lowest BCUT2D eigenvalue weighted by Crippen LogP contribution is -2.11. The Balaban J connectivity index is 2.78. The highest BCUT2D eigenvalue weighted by atomic mass is 16.5. The summed E-state index contributed by atoms with van der Waals surface area (Å²) in [4.78, 5) is 10.9. The van der Waals surface area contributed by atoms with Crippen LogP contribution in [0.25, 0.3) is 0 Å². The monoisotopic (exact) mass is 252 g/mol. The van der Waals surface area contributed by atoms with Crippen LogP contribution in [0, 0.1) is 5.41 Å². The summed E-state index contributed by atoms with van der Waals surface area (Å²) in [7, 11) is 1.53. The number of carbonyl (C=O) groups is 1. The lowest BCUT2D eigenvalue weighted by molar-refractivity contribution is 0.0696. The summed E-state index contributed by atoms with van der Waals surface area (Å²) in [5.41, 5.74) is 0.374. The quantitative estimate of drug-likeness (QED) is 0.874. The van der Waals surface area contributed by atoms with Crippen LogP contribution in [-0.4, -0.2) is 24.8 Å². The average molecular weight is 252 g/mol. The minimum absolute atomic E-state index is 0.178. The largest absolute Gasteiger partial charge is 0.493 e. The van der Waals surface area contributed by atoms with E-state index in [-0.39, 0.29) is 11.0 Å². The van der Waals surface area contributed by atoms with E-state index in [9.17, 15) is 4.79 Å². The smallest absolute Gasteiger partial charge is 0.335 e. The second-order valence-corrected chi connectivity index (χ2v) is 5.33. The lowest BCUT2D eigenvalue weighted by atomic mass is 9.93. The molecule has 0 fully saturated rings. The first-order valence-corrected chi connectivity index (χ1v) is 5.87. The second kappa shape index (κ2) is 5.76. The Bertz CT molecular complexity index is 418. The van der Waals surface area contributed by atoms with Crippen LogP contribution in [0.5, 0.6) is 11.5 Å². The number of hydrogen-bond donors (Lipinski definition) is 1. The molecule has 18 heavy (non-hydrogen) atoms. The van der Waals surface area contributed by atoms with Crippen molar-refractivity contribution >= 4 is 5.97 Å². The number of rotatable bonds is 5. The molecule has 0 aromatic heterocycles. The van der Waals surface area contributed by atoms with Gasteiger partial charge in [0.15, 0.2) is 11.5 Å². The van der Waals surface area contributed by atoms with Crippen molar-refractivity contribution in [1.82, 2.24) is 0 Å². The fraction of sp³-hybridized carbons (Fsp3) is 0.500. The molecule has 0 saturated carbocycles. The van der Waals surface area contributed by atoms with E-state index in [2.05, 4.69) is 20.8 Å². The van der Waals surface area contributed by atoms with Gasteiger partial charge in [0.05, 0.1) is 19.3 Å². The Labute approximate surface area is 108 Å². The first-order chi connectivity index (χ1) is 8.33. The van der Waals surface area contributed by atoms with E-state index in [4.69, 9.17) is 14.6 Å². The van der Waals surface area contributed by atoms with Crippen molar-refractivity contribution in [2.75, 3.05) is 13.7 Å². The van der Waals surface area contributed by atoms with E-state index in [0.29, 0.717) is 18.1 Å². The molecular weight excluding hydrogens is 232 g/mol. The second-order valence-electron chi connectivity index (χ2n) is 5.33. The molecule has 0 aliphatic rings. The molecule has 0 aliphatic carbocycles.